The molecule has 1 aliphatic heterocycles. The third kappa shape index (κ3) is 4.40. The standard InChI is InChI=1S/C24H26N6O4S/c1-15-11-16-3-2-4-19(16)23(22(15)17-6-9-30-18(12-17)5-7-27-30)28-24(31)29-35(32,33)21(13-25)20-14-34-10-8-26-20/h5-7,9,11-13,25-26H,2-4,8,10,14H2,1H3,(H2,28,29,31)/b21-20+,25-13?. The average molecular weight is 495 g/mol. The van der Waals surface area contributed by atoms with E-state index in [0.29, 0.717) is 25.1 Å². The first-order valence-electron chi connectivity index (χ1n) is 11.4. The second-order valence-electron chi connectivity index (χ2n) is 8.58. The summed E-state index contributed by atoms with van der Waals surface area (Å²) in [5, 5.41) is 17.6. The SMILES string of the molecule is Cc1cc2c(c(NC(=O)NS(=O)(=O)/C(C=N)=C3\COCCN3)c1-c1ccn3nccc3c1)CCC2. The normalized spacial score (nSPS) is 16.9. The fourth-order valence-corrected chi connectivity index (χ4v) is 5.80. The van der Waals surface area contributed by atoms with Gasteiger partial charge in [-0.05, 0) is 66.6 Å². The molecule has 1 aromatic carbocycles. The molecular formula is C24H26N6O4S. The van der Waals surface area contributed by atoms with Crippen LogP contribution in [0.3, 0.4) is 0 Å². The number of allylic oxidation sites excluding steroid dienone is 1. The van der Waals surface area contributed by atoms with Crippen LogP contribution in [0.5, 0.6) is 0 Å². The Labute approximate surface area is 202 Å². The zero-order valence-electron chi connectivity index (χ0n) is 19.2. The number of rotatable bonds is 5. The lowest BCUT2D eigenvalue weighted by Gasteiger charge is -2.21. The molecule has 0 saturated carbocycles. The minimum absolute atomic E-state index is 0.0276. The summed E-state index contributed by atoms with van der Waals surface area (Å²) in [5.41, 5.74) is 6.66. The van der Waals surface area contributed by atoms with Gasteiger partial charge in [0.25, 0.3) is 10.0 Å². The van der Waals surface area contributed by atoms with E-state index in [0.717, 1.165) is 52.6 Å². The molecule has 0 unspecified atom stereocenters. The summed E-state index contributed by atoms with van der Waals surface area (Å²) in [6.07, 6.45) is 6.94. The van der Waals surface area contributed by atoms with Gasteiger partial charge in [-0.2, -0.15) is 5.10 Å². The van der Waals surface area contributed by atoms with E-state index >= 15 is 0 Å². The summed E-state index contributed by atoms with van der Waals surface area (Å²) in [6, 6.07) is 7.07. The third-order valence-electron chi connectivity index (χ3n) is 6.30. The lowest BCUT2D eigenvalue weighted by atomic mass is 9.93. The molecule has 182 valence electrons. The minimum Gasteiger partial charge on any atom is -0.383 e. The molecule has 11 heteroatoms. The van der Waals surface area contributed by atoms with Crippen molar-refractivity contribution in [3.8, 4) is 11.1 Å². The maximum Gasteiger partial charge on any atom is 0.333 e. The number of urea groups is 1. The first-order chi connectivity index (χ1) is 16.9. The Morgan fingerprint density at radius 2 is 2.14 bits per heavy atom. The molecule has 1 saturated heterocycles. The van der Waals surface area contributed by atoms with Gasteiger partial charge in [-0.1, -0.05) is 6.07 Å². The van der Waals surface area contributed by atoms with Gasteiger partial charge in [0.1, 0.15) is 4.91 Å². The highest BCUT2D eigenvalue weighted by Gasteiger charge is 2.27. The number of pyridine rings is 1. The summed E-state index contributed by atoms with van der Waals surface area (Å²) >= 11 is 0. The Hall–Kier alpha value is -3.70. The Morgan fingerprint density at radius 3 is 2.91 bits per heavy atom. The van der Waals surface area contributed by atoms with Crippen molar-refractivity contribution >= 4 is 33.5 Å². The zero-order chi connectivity index (χ0) is 24.6. The Morgan fingerprint density at radius 1 is 1.29 bits per heavy atom. The molecule has 0 bridgehead atoms. The van der Waals surface area contributed by atoms with Crippen LogP contribution in [0.15, 0.2) is 47.3 Å². The van der Waals surface area contributed by atoms with Gasteiger partial charge in [-0.15, -0.1) is 0 Å². The first-order valence-corrected chi connectivity index (χ1v) is 12.8. The minimum atomic E-state index is -4.29. The van der Waals surface area contributed by atoms with Crippen LogP contribution in [0.1, 0.15) is 23.1 Å². The van der Waals surface area contributed by atoms with Crippen molar-refractivity contribution in [3.05, 3.63) is 64.0 Å². The number of sulfonamides is 1. The van der Waals surface area contributed by atoms with Crippen molar-refractivity contribution in [1.82, 2.24) is 19.7 Å². The maximum absolute atomic E-state index is 13.0. The summed E-state index contributed by atoms with van der Waals surface area (Å²) in [4.78, 5) is 12.7. The van der Waals surface area contributed by atoms with Crippen molar-refractivity contribution in [3.63, 3.8) is 0 Å². The van der Waals surface area contributed by atoms with Crippen LogP contribution in [0.2, 0.25) is 0 Å². The quantitative estimate of drug-likeness (QED) is 0.403. The molecule has 0 spiro atoms. The van der Waals surface area contributed by atoms with Gasteiger partial charge in [0.05, 0.1) is 30.1 Å². The van der Waals surface area contributed by atoms with E-state index in [1.807, 2.05) is 31.3 Å². The molecule has 1 aliphatic carbocycles. The number of morpholine rings is 1. The van der Waals surface area contributed by atoms with Gasteiger partial charge in [-0.25, -0.2) is 22.4 Å². The third-order valence-corrected chi connectivity index (χ3v) is 7.70. The Balaban J connectivity index is 1.51. The lowest BCUT2D eigenvalue weighted by Crippen LogP contribution is -2.39. The Kier molecular flexibility index (Phi) is 6.03. The van der Waals surface area contributed by atoms with Gasteiger partial charge in [0.2, 0.25) is 0 Å². The molecule has 4 N–H and O–H groups in total. The van der Waals surface area contributed by atoms with Gasteiger partial charge in [0, 0.05) is 30.7 Å². The highest BCUT2D eigenvalue weighted by molar-refractivity contribution is 7.94. The molecule has 3 aromatic rings. The summed E-state index contributed by atoms with van der Waals surface area (Å²) in [5.74, 6) is 0. The van der Waals surface area contributed by atoms with E-state index in [9.17, 15) is 13.2 Å². The number of hydrogen-bond acceptors (Lipinski definition) is 7. The van der Waals surface area contributed by atoms with Crippen molar-refractivity contribution < 1.29 is 17.9 Å². The number of hydrogen-bond donors (Lipinski definition) is 4. The summed E-state index contributed by atoms with van der Waals surface area (Å²) in [7, 11) is -4.29. The van der Waals surface area contributed by atoms with E-state index in [1.54, 1.807) is 10.7 Å². The molecule has 2 aromatic heterocycles. The molecular weight excluding hydrogens is 468 g/mol. The van der Waals surface area contributed by atoms with Crippen molar-refractivity contribution in [2.75, 3.05) is 25.1 Å². The largest absolute Gasteiger partial charge is 0.383 e. The molecule has 2 aliphatic rings. The second-order valence-corrected chi connectivity index (χ2v) is 10.2. The molecule has 5 rings (SSSR count). The molecule has 35 heavy (non-hydrogen) atoms. The van der Waals surface area contributed by atoms with Gasteiger partial charge in [0.15, 0.2) is 0 Å². The molecule has 2 amide bonds. The number of ether oxygens (including phenoxy) is 1. The van der Waals surface area contributed by atoms with Crippen LogP contribution in [-0.2, 0) is 27.6 Å². The topological polar surface area (TPSA) is 138 Å². The van der Waals surface area contributed by atoms with E-state index in [2.05, 4.69) is 26.5 Å². The highest BCUT2D eigenvalue weighted by atomic mass is 32.2. The number of fused-ring (bicyclic) bond motifs is 2. The Bertz CT molecular complexity index is 1470. The fourth-order valence-electron chi connectivity index (χ4n) is 4.78. The van der Waals surface area contributed by atoms with Crippen molar-refractivity contribution in [2.45, 2.75) is 26.2 Å². The number of carbonyl (C=O) groups is 1. The van der Waals surface area contributed by atoms with Crippen LogP contribution < -0.4 is 15.4 Å². The number of anilines is 1. The molecule has 0 atom stereocenters. The van der Waals surface area contributed by atoms with E-state index in [-0.39, 0.29) is 17.2 Å². The number of amides is 2. The summed E-state index contributed by atoms with van der Waals surface area (Å²) < 4.78 is 35.0. The van der Waals surface area contributed by atoms with Crippen LogP contribution in [0, 0.1) is 12.3 Å². The number of aromatic nitrogens is 2. The molecule has 0 radical (unpaired) electrons. The first kappa shape index (κ1) is 23.1. The zero-order valence-corrected chi connectivity index (χ0v) is 20.0. The van der Waals surface area contributed by atoms with E-state index < -0.39 is 16.1 Å². The van der Waals surface area contributed by atoms with Crippen LogP contribution in [0.25, 0.3) is 16.6 Å². The second kappa shape index (κ2) is 9.16. The van der Waals surface area contributed by atoms with E-state index in [4.69, 9.17) is 10.1 Å². The number of aryl methyl sites for hydroxylation is 2. The van der Waals surface area contributed by atoms with Crippen LogP contribution >= 0.6 is 0 Å². The van der Waals surface area contributed by atoms with E-state index in [1.165, 1.54) is 0 Å². The average Bonchev–Trinajstić information content (AvgIpc) is 3.48. The fraction of sp³-hybridized carbons (Fsp3) is 0.292. The predicted molar refractivity (Wildman–Crippen MR) is 133 cm³/mol. The van der Waals surface area contributed by atoms with Crippen molar-refractivity contribution in [2.24, 2.45) is 0 Å². The molecule has 1 fully saturated rings. The van der Waals surface area contributed by atoms with Crippen molar-refractivity contribution in [1.29, 1.82) is 5.41 Å². The number of nitrogens with one attached hydrogen (secondary N) is 4. The predicted octanol–water partition coefficient (Wildman–Crippen LogP) is 2.73. The van der Waals surface area contributed by atoms with Gasteiger partial charge in [-0.3, -0.25) is 0 Å². The summed E-state index contributed by atoms with van der Waals surface area (Å²) in [6.45, 7) is 2.88. The van der Waals surface area contributed by atoms with Gasteiger partial charge < -0.3 is 20.8 Å². The van der Waals surface area contributed by atoms with Crippen LogP contribution in [0.4, 0.5) is 10.5 Å². The van der Waals surface area contributed by atoms with Crippen LogP contribution in [-0.4, -0.2) is 50.0 Å². The lowest BCUT2D eigenvalue weighted by molar-refractivity contribution is 0.132. The smallest absolute Gasteiger partial charge is 0.333 e. The molecule has 3 heterocycles. The molecule has 10 nitrogen and oxygen atoms in total. The maximum atomic E-state index is 13.0. The highest BCUT2D eigenvalue weighted by Crippen LogP contribution is 2.40. The number of benzene rings is 1. The monoisotopic (exact) mass is 494 g/mol. The number of nitrogens with zero attached hydrogens (tertiary/aromatic N) is 2. The number of carbonyl (C=O) groups excluding carboxylic acids is 1. The van der Waals surface area contributed by atoms with Gasteiger partial charge >= 0.3 is 6.03 Å².